The second-order valence-corrected chi connectivity index (χ2v) is 5.14. The minimum atomic E-state index is -4.26. The van der Waals surface area contributed by atoms with Crippen LogP contribution in [-0.4, -0.2) is 6.04 Å². The summed E-state index contributed by atoms with van der Waals surface area (Å²) in [5, 5.41) is 0. The number of fused-ring (bicyclic) bond motifs is 4. The maximum absolute atomic E-state index is 12.7. The van der Waals surface area contributed by atoms with Crippen molar-refractivity contribution >= 4 is 0 Å². The molecule has 3 atom stereocenters. The Labute approximate surface area is 97.8 Å². The molecule has 0 radical (unpaired) electrons. The molecule has 0 heterocycles. The van der Waals surface area contributed by atoms with Gasteiger partial charge in [-0.2, -0.15) is 13.2 Å². The fraction of sp³-hybridized carbons (Fsp3) is 0.538. The summed E-state index contributed by atoms with van der Waals surface area (Å²) in [6.07, 6.45) is -1.44. The zero-order valence-corrected chi connectivity index (χ0v) is 9.30. The fourth-order valence-electron chi connectivity index (χ4n) is 3.29. The van der Waals surface area contributed by atoms with Gasteiger partial charge in [-0.25, -0.2) is 0 Å². The molecule has 4 heteroatoms. The van der Waals surface area contributed by atoms with Gasteiger partial charge in [-0.05, 0) is 54.4 Å². The molecule has 2 aliphatic carbocycles. The number of alkyl halides is 3. The van der Waals surface area contributed by atoms with Crippen LogP contribution in [0.1, 0.15) is 35.4 Å². The molecule has 1 nitrogen and oxygen atoms in total. The highest BCUT2D eigenvalue weighted by Gasteiger charge is 2.41. The zero-order chi connectivity index (χ0) is 12.2. The summed E-state index contributed by atoms with van der Waals surface area (Å²) in [6.45, 7) is 0. The molecule has 0 saturated heterocycles. The minimum Gasteiger partial charge on any atom is -0.327 e. The smallest absolute Gasteiger partial charge is 0.327 e. The highest BCUT2D eigenvalue weighted by molar-refractivity contribution is 5.40. The van der Waals surface area contributed by atoms with E-state index in [1.807, 2.05) is 0 Å². The van der Waals surface area contributed by atoms with Crippen LogP contribution in [0.4, 0.5) is 13.2 Å². The Kier molecular flexibility index (Phi) is 2.27. The number of nitrogens with two attached hydrogens (primary N) is 1. The third-order valence-corrected chi connectivity index (χ3v) is 4.21. The second kappa shape index (κ2) is 3.48. The largest absolute Gasteiger partial charge is 0.416 e. The molecule has 17 heavy (non-hydrogen) atoms. The van der Waals surface area contributed by atoms with E-state index < -0.39 is 11.7 Å². The maximum Gasteiger partial charge on any atom is 0.416 e. The number of benzene rings is 1. The van der Waals surface area contributed by atoms with Crippen LogP contribution in [0.5, 0.6) is 0 Å². The lowest BCUT2D eigenvalue weighted by Gasteiger charge is -2.30. The van der Waals surface area contributed by atoms with Gasteiger partial charge >= 0.3 is 6.18 Å². The van der Waals surface area contributed by atoms with Gasteiger partial charge in [0.1, 0.15) is 0 Å². The lowest BCUT2D eigenvalue weighted by atomic mass is 9.79. The molecule has 1 saturated carbocycles. The summed E-state index contributed by atoms with van der Waals surface area (Å²) in [4.78, 5) is 0. The van der Waals surface area contributed by atoms with Crippen molar-refractivity contribution < 1.29 is 13.2 Å². The minimum absolute atomic E-state index is 0.0472. The Balaban J connectivity index is 2.07. The first-order valence-electron chi connectivity index (χ1n) is 5.92. The molecule has 1 aromatic rings. The van der Waals surface area contributed by atoms with Crippen LogP contribution in [0, 0.1) is 5.92 Å². The Morgan fingerprint density at radius 3 is 2.65 bits per heavy atom. The molecular weight excluding hydrogens is 227 g/mol. The summed E-state index contributed by atoms with van der Waals surface area (Å²) < 4.78 is 38.0. The van der Waals surface area contributed by atoms with Crippen LogP contribution in [-0.2, 0) is 12.6 Å². The Morgan fingerprint density at radius 1 is 1.18 bits per heavy atom. The topological polar surface area (TPSA) is 26.0 Å². The molecule has 2 bridgehead atoms. The van der Waals surface area contributed by atoms with Crippen LogP contribution in [0.25, 0.3) is 0 Å². The first kappa shape index (κ1) is 11.1. The van der Waals surface area contributed by atoms with Gasteiger partial charge in [0.15, 0.2) is 0 Å². The van der Waals surface area contributed by atoms with E-state index in [4.69, 9.17) is 5.73 Å². The van der Waals surface area contributed by atoms with Crippen molar-refractivity contribution in [3.63, 3.8) is 0 Å². The normalized spacial score (nSPS) is 31.4. The second-order valence-electron chi connectivity index (χ2n) is 5.14. The van der Waals surface area contributed by atoms with Gasteiger partial charge in [-0.15, -0.1) is 0 Å². The Bertz CT molecular complexity index is 452. The Hall–Kier alpha value is -1.03. The van der Waals surface area contributed by atoms with Gasteiger partial charge in [0, 0.05) is 6.04 Å². The number of hydrogen-bond acceptors (Lipinski definition) is 1. The summed E-state index contributed by atoms with van der Waals surface area (Å²) in [5.74, 6) is 0.593. The van der Waals surface area contributed by atoms with Gasteiger partial charge in [-0.1, -0.05) is 6.07 Å². The predicted molar refractivity (Wildman–Crippen MR) is 58.6 cm³/mol. The molecule has 0 aromatic heterocycles. The summed E-state index contributed by atoms with van der Waals surface area (Å²) in [6, 6.07) is 4.18. The average Bonchev–Trinajstić information content (AvgIpc) is 2.51. The van der Waals surface area contributed by atoms with Crippen molar-refractivity contribution in [2.45, 2.75) is 37.4 Å². The lowest BCUT2D eigenvalue weighted by Crippen LogP contribution is -2.35. The molecule has 0 spiro atoms. The van der Waals surface area contributed by atoms with Gasteiger partial charge in [0.05, 0.1) is 5.56 Å². The van der Waals surface area contributed by atoms with Crippen LogP contribution in [0.15, 0.2) is 18.2 Å². The van der Waals surface area contributed by atoms with E-state index in [9.17, 15) is 13.2 Å². The monoisotopic (exact) mass is 241 g/mol. The van der Waals surface area contributed by atoms with Crippen molar-refractivity contribution in [1.29, 1.82) is 0 Å². The number of hydrogen-bond donors (Lipinski definition) is 1. The molecule has 0 aliphatic heterocycles. The molecule has 92 valence electrons. The molecular formula is C13H14F3N. The van der Waals surface area contributed by atoms with Crippen LogP contribution in [0.2, 0.25) is 0 Å². The van der Waals surface area contributed by atoms with E-state index in [0.29, 0.717) is 5.92 Å². The lowest BCUT2D eigenvalue weighted by molar-refractivity contribution is -0.137. The van der Waals surface area contributed by atoms with Crippen LogP contribution >= 0.6 is 0 Å². The van der Waals surface area contributed by atoms with Gasteiger partial charge in [-0.3, -0.25) is 0 Å². The van der Waals surface area contributed by atoms with Crippen LogP contribution in [0.3, 0.4) is 0 Å². The zero-order valence-electron chi connectivity index (χ0n) is 9.30. The van der Waals surface area contributed by atoms with Crippen molar-refractivity contribution in [3.8, 4) is 0 Å². The van der Waals surface area contributed by atoms with E-state index in [2.05, 4.69) is 0 Å². The first-order chi connectivity index (χ1) is 7.97. The first-order valence-corrected chi connectivity index (χ1v) is 5.92. The quantitative estimate of drug-likeness (QED) is 0.742. The summed E-state index contributed by atoms with van der Waals surface area (Å²) >= 11 is 0. The summed E-state index contributed by atoms with van der Waals surface area (Å²) in [7, 11) is 0. The van der Waals surface area contributed by atoms with Gasteiger partial charge in [0.2, 0.25) is 0 Å². The van der Waals surface area contributed by atoms with Gasteiger partial charge in [0.25, 0.3) is 0 Å². The standard InChI is InChI=1S/C13H14F3N/c14-13(15,16)9-3-1-7-5-8-2-4-10(12(8)17)11(7)6-9/h1,3,6,8,10,12H,2,4-5,17H2/t8-,10+,12+/m1/s1. The predicted octanol–water partition coefficient (Wildman–Crippen LogP) is 3.08. The number of halogens is 3. The van der Waals surface area contributed by atoms with E-state index >= 15 is 0 Å². The molecule has 1 fully saturated rings. The van der Waals surface area contributed by atoms with E-state index in [1.165, 1.54) is 12.1 Å². The molecule has 2 aliphatic rings. The number of rotatable bonds is 0. The van der Waals surface area contributed by atoms with Gasteiger partial charge < -0.3 is 5.73 Å². The molecule has 3 rings (SSSR count). The third-order valence-electron chi connectivity index (χ3n) is 4.21. The molecule has 2 N–H and O–H groups in total. The Morgan fingerprint density at radius 2 is 1.94 bits per heavy atom. The van der Waals surface area contributed by atoms with Crippen molar-refractivity contribution in [1.82, 2.24) is 0 Å². The fourth-order valence-corrected chi connectivity index (χ4v) is 3.29. The van der Waals surface area contributed by atoms with Crippen molar-refractivity contribution in [3.05, 3.63) is 34.9 Å². The summed E-state index contributed by atoms with van der Waals surface area (Å²) in [5.41, 5.74) is 7.43. The SMILES string of the molecule is N[C@H]1[C@@H]2CC[C@H]1c1cc(C(F)(F)F)ccc1C2. The highest BCUT2D eigenvalue weighted by atomic mass is 19.4. The maximum atomic E-state index is 12.7. The van der Waals surface area contributed by atoms with E-state index in [-0.39, 0.29) is 12.0 Å². The van der Waals surface area contributed by atoms with E-state index in [0.717, 1.165) is 30.4 Å². The van der Waals surface area contributed by atoms with E-state index in [1.54, 1.807) is 6.07 Å². The third kappa shape index (κ3) is 1.66. The van der Waals surface area contributed by atoms with Crippen molar-refractivity contribution in [2.24, 2.45) is 11.7 Å². The molecule has 0 unspecified atom stereocenters. The molecule has 1 aromatic carbocycles. The highest BCUT2D eigenvalue weighted by Crippen LogP contribution is 2.46. The van der Waals surface area contributed by atoms with Crippen molar-refractivity contribution in [2.75, 3.05) is 0 Å². The van der Waals surface area contributed by atoms with Crippen LogP contribution < -0.4 is 5.73 Å². The average molecular weight is 241 g/mol. The molecule has 0 amide bonds.